The van der Waals surface area contributed by atoms with Crippen LogP contribution in [0.4, 0.5) is 0 Å². The van der Waals surface area contributed by atoms with Gasteiger partial charge in [-0.3, -0.25) is 11.3 Å². The van der Waals surface area contributed by atoms with Crippen LogP contribution in [-0.4, -0.2) is 6.04 Å². The first-order valence-corrected chi connectivity index (χ1v) is 6.02. The van der Waals surface area contributed by atoms with Crippen molar-refractivity contribution in [3.05, 3.63) is 11.6 Å². The maximum Gasteiger partial charge on any atom is 0.0250 e. The van der Waals surface area contributed by atoms with Gasteiger partial charge in [0.05, 0.1) is 0 Å². The van der Waals surface area contributed by atoms with Crippen LogP contribution in [0.15, 0.2) is 11.6 Å². The molecule has 2 rings (SSSR count). The van der Waals surface area contributed by atoms with E-state index in [9.17, 15) is 0 Å². The van der Waals surface area contributed by atoms with E-state index in [4.69, 9.17) is 5.84 Å². The van der Waals surface area contributed by atoms with Crippen LogP contribution in [0.25, 0.3) is 0 Å². The Hall–Kier alpha value is -0.340. The van der Waals surface area contributed by atoms with E-state index < -0.39 is 0 Å². The Morgan fingerprint density at radius 3 is 2.86 bits per heavy atom. The molecule has 2 nitrogen and oxygen atoms in total. The largest absolute Gasteiger partial charge is 0.271 e. The molecule has 2 aliphatic rings. The quantitative estimate of drug-likeness (QED) is 0.401. The minimum atomic E-state index is 0.534. The van der Waals surface area contributed by atoms with Crippen molar-refractivity contribution >= 4 is 0 Å². The van der Waals surface area contributed by atoms with Crippen molar-refractivity contribution in [1.82, 2.24) is 5.43 Å². The Bertz CT molecular complexity index is 206. The van der Waals surface area contributed by atoms with Gasteiger partial charge in [-0.05, 0) is 44.4 Å². The van der Waals surface area contributed by atoms with Crippen molar-refractivity contribution in [3.63, 3.8) is 0 Å². The number of nitrogens with one attached hydrogen (secondary N) is 1. The molecule has 1 atom stereocenters. The van der Waals surface area contributed by atoms with Crippen LogP contribution in [-0.2, 0) is 0 Å². The third kappa shape index (κ3) is 3.10. The second-order valence-electron chi connectivity index (χ2n) is 4.85. The van der Waals surface area contributed by atoms with Crippen molar-refractivity contribution in [2.45, 2.75) is 57.4 Å². The molecule has 2 aliphatic carbocycles. The third-order valence-corrected chi connectivity index (χ3v) is 3.44. The molecule has 0 saturated heterocycles. The lowest BCUT2D eigenvalue weighted by molar-refractivity contribution is 0.455. The number of hydrazine groups is 1. The van der Waals surface area contributed by atoms with Gasteiger partial charge in [0, 0.05) is 6.04 Å². The zero-order chi connectivity index (χ0) is 9.80. The highest BCUT2D eigenvalue weighted by Crippen LogP contribution is 2.35. The summed E-state index contributed by atoms with van der Waals surface area (Å²) >= 11 is 0. The fourth-order valence-electron chi connectivity index (χ4n) is 2.37. The highest BCUT2D eigenvalue weighted by Gasteiger charge is 2.25. The summed E-state index contributed by atoms with van der Waals surface area (Å²) in [6.45, 7) is 0. The Balaban J connectivity index is 1.76. The molecule has 0 bridgehead atoms. The van der Waals surface area contributed by atoms with Gasteiger partial charge >= 0.3 is 0 Å². The summed E-state index contributed by atoms with van der Waals surface area (Å²) in [6, 6.07) is 0.534. The number of rotatable bonds is 5. The Morgan fingerprint density at radius 2 is 2.29 bits per heavy atom. The maximum atomic E-state index is 5.59. The van der Waals surface area contributed by atoms with E-state index in [2.05, 4.69) is 11.5 Å². The molecule has 0 heterocycles. The van der Waals surface area contributed by atoms with Gasteiger partial charge < -0.3 is 0 Å². The summed E-state index contributed by atoms with van der Waals surface area (Å²) < 4.78 is 0. The number of hydrogen-bond donors (Lipinski definition) is 2. The summed E-state index contributed by atoms with van der Waals surface area (Å²) in [5.74, 6) is 6.56. The van der Waals surface area contributed by atoms with Gasteiger partial charge in [0.1, 0.15) is 0 Å². The lowest BCUT2D eigenvalue weighted by Gasteiger charge is -2.19. The second-order valence-corrected chi connectivity index (χ2v) is 4.85. The zero-order valence-electron chi connectivity index (χ0n) is 8.97. The lowest BCUT2D eigenvalue weighted by atomic mass is 9.93. The predicted molar refractivity (Wildman–Crippen MR) is 59.6 cm³/mol. The van der Waals surface area contributed by atoms with Crippen LogP contribution in [0, 0.1) is 5.92 Å². The van der Waals surface area contributed by atoms with Crippen LogP contribution in [0.2, 0.25) is 0 Å². The molecule has 0 radical (unpaired) electrons. The monoisotopic (exact) mass is 194 g/mol. The molecule has 80 valence electrons. The van der Waals surface area contributed by atoms with Crippen LogP contribution in [0.5, 0.6) is 0 Å². The van der Waals surface area contributed by atoms with Gasteiger partial charge in [-0.2, -0.15) is 0 Å². The summed E-state index contributed by atoms with van der Waals surface area (Å²) in [6.07, 6.45) is 13.1. The first kappa shape index (κ1) is 10.2. The maximum absolute atomic E-state index is 5.59. The lowest BCUT2D eigenvalue weighted by Crippen LogP contribution is -2.35. The molecule has 0 aromatic carbocycles. The van der Waals surface area contributed by atoms with Crippen LogP contribution in [0.1, 0.15) is 51.4 Å². The van der Waals surface area contributed by atoms with Crippen molar-refractivity contribution < 1.29 is 0 Å². The van der Waals surface area contributed by atoms with E-state index in [1.54, 1.807) is 5.57 Å². The molecule has 1 saturated carbocycles. The SMILES string of the molecule is NNC(CC1=CCCCC1)CC1CC1. The topological polar surface area (TPSA) is 38.0 Å². The van der Waals surface area contributed by atoms with Gasteiger partial charge in [0.15, 0.2) is 0 Å². The van der Waals surface area contributed by atoms with Gasteiger partial charge in [-0.1, -0.05) is 24.5 Å². The first-order valence-electron chi connectivity index (χ1n) is 6.02. The van der Waals surface area contributed by atoms with E-state index in [0.29, 0.717) is 6.04 Å². The Morgan fingerprint density at radius 1 is 1.43 bits per heavy atom. The average molecular weight is 194 g/mol. The molecule has 0 spiro atoms. The molecule has 0 aromatic rings. The molecule has 1 fully saturated rings. The zero-order valence-corrected chi connectivity index (χ0v) is 8.97. The normalized spacial score (nSPS) is 24.5. The van der Waals surface area contributed by atoms with Crippen LogP contribution >= 0.6 is 0 Å². The number of hydrogen-bond acceptors (Lipinski definition) is 2. The predicted octanol–water partition coefficient (Wildman–Crippen LogP) is 2.51. The van der Waals surface area contributed by atoms with Crippen molar-refractivity contribution in [3.8, 4) is 0 Å². The summed E-state index contributed by atoms with van der Waals surface area (Å²) in [4.78, 5) is 0. The molecule has 1 unspecified atom stereocenters. The van der Waals surface area contributed by atoms with E-state index in [1.807, 2.05) is 0 Å². The van der Waals surface area contributed by atoms with E-state index in [-0.39, 0.29) is 0 Å². The van der Waals surface area contributed by atoms with Crippen LogP contribution < -0.4 is 11.3 Å². The van der Waals surface area contributed by atoms with Crippen molar-refractivity contribution in [2.24, 2.45) is 11.8 Å². The fourth-order valence-corrected chi connectivity index (χ4v) is 2.37. The van der Waals surface area contributed by atoms with Crippen LogP contribution in [0.3, 0.4) is 0 Å². The molecule has 0 aliphatic heterocycles. The second kappa shape index (κ2) is 4.94. The molecule has 14 heavy (non-hydrogen) atoms. The summed E-state index contributed by atoms with van der Waals surface area (Å²) in [5.41, 5.74) is 4.62. The first-order chi connectivity index (χ1) is 6.88. The molecule has 3 N–H and O–H groups in total. The van der Waals surface area contributed by atoms with Gasteiger partial charge in [0.2, 0.25) is 0 Å². The van der Waals surface area contributed by atoms with E-state index >= 15 is 0 Å². The minimum Gasteiger partial charge on any atom is -0.271 e. The van der Waals surface area contributed by atoms with E-state index in [1.165, 1.54) is 51.4 Å². The summed E-state index contributed by atoms with van der Waals surface area (Å²) in [5, 5.41) is 0. The fraction of sp³-hybridized carbons (Fsp3) is 0.833. The molecule has 0 amide bonds. The third-order valence-electron chi connectivity index (χ3n) is 3.44. The van der Waals surface area contributed by atoms with Crippen molar-refractivity contribution in [2.75, 3.05) is 0 Å². The van der Waals surface area contributed by atoms with Gasteiger partial charge in [-0.15, -0.1) is 0 Å². The highest BCUT2D eigenvalue weighted by molar-refractivity contribution is 5.07. The smallest absolute Gasteiger partial charge is 0.0250 e. The highest BCUT2D eigenvalue weighted by atomic mass is 15.2. The number of nitrogens with two attached hydrogens (primary N) is 1. The Labute approximate surface area is 86.9 Å². The molecular formula is C12H22N2. The average Bonchev–Trinajstić information content (AvgIpc) is 3.02. The van der Waals surface area contributed by atoms with Gasteiger partial charge in [0.25, 0.3) is 0 Å². The van der Waals surface area contributed by atoms with Gasteiger partial charge in [-0.25, -0.2) is 0 Å². The van der Waals surface area contributed by atoms with Crippen molar-refractivity contribution in [1.29, 1.82) is 0 Å². The summed E-state index contributed by atoms with van der Waals surface area (Å²) in [7, 11) is 0. The molecule has 0 aromatic heterocycles. The van der Waals surface area contributed by atoms with E-state index in [0.717, 1.165) is 5.92 Å². The molecular weight excluding hydrogens is 172 g/mol. The standard InChI is InChI=1S/C12H22N2/c13-14-12(9-11-6-7-11)8-10-4-2-1-3-5-10/h4,11-12,14H,1-3,5-9,13H2. The number of allylic oxidation sites excluding steroid dienone is 1. The molecule has 2 heteroatoms. The minimum absolute atomic E-state index is 0.534. The Kier molecular flexibility index (Phi) is 3.60.